The average molecular weight is 901 g/mol. The number of amides is 2. The number of fused-ring (bicyclic) bond motifs is 5. The maximum absolute atomic E-state index is 14.7. The van der Waals surface area contributed by atoms with Crippen molar-refractivity contribution < 1.29 is 33.4 Å². The number of Topliss-reactive ketones (excluding diaryl/α,β-unsaturated/α-hetero) is 3. The number of nitrogens with zero attached hydrogens (tertiary/aromatic N) is 4. The molecule has 2 amide bonds. The van der Waals surface area contributed by atoms with Crippen molar-refractivity contribution in [3.05, 3.63) is 94.8 Å². The van der Waals surface area contributed by atoms with Gasteiger partial charge in [-0.2, -0.15) is 5.26 Å². The number of rotatable bonds is 21. The molecule has 4 atom stereocenters. The SMILES string of the molecule is CCCCCc1ccc(-c2ncc(C(=O)C[C@@H](CCN)C(=O)N(C)[C@@H]3C(=O)C[C@@H](C)C(=O)N[C@H](C(=O)CCC#N)Cc4ccc(OCCN)c(c4)-c4cc3ccc4OCCN)c(C)n2)cc1. The molecule has 0 saturated heterocycles. The van der Waals surface area contributed by atoms with Gasteiger partial charge in [-0.1, -0.05) is 63.1 Å². The van der Waals surface area contributed by atoms with E-state index in [1.807, 2.05) is 24.3 Å². The highest BCUT2D eigenvalue weighted by Gasteiger charge is 2.36. The number of hydrogen-bond donors (Lipinski definition) is 4. The third kappa shape index (κ3) is 13.1. The number of carbonyl (C=O) groups is 5. The summed E-state index contributed by atoms with van der Waals surface area (Å²) in [5, 5.41) is 12.1. The predicted octanol–water partition coefficient (Wildman–Crippen LogP) is 5.77. The first-order valence-electron chi connectivity index (χ1n) is 22.9. The highest BCUT2D eigenvalue weighted by Crippen LogP contribution is 2.41. The molecule has 15 heteroatoms. The number of ether oxygens (including phenoxy) is 2. The second-order valence-corrected chi connectivity index (χ2v) is 16.9. The fourth-order valence-electron chi connectivity index (χ4n) is 8.25. The molecule has 0 unspecified atom stereocenters. The average Bonchev–Trinajstić information content (AvgIpc) is 3.31. The van der Waals surface area contributed by atoms with Crippen LogP contribution in [0, 0.1) is 30.1 Å². The molecule has 1 aromatic heterocycles. The Morgan fingerprint density at radius 2 is 1.61 bits per heavy atom. The lowest BCUT2D eigenvalue weighted by molar-refractivity contribution is -0.142. The first-order chi connectivity index (χ1) is 31.8. The molecular formula is C51H64N8O7. The first kappa shape index (κ1) is 50.7. The number of nitriles is 1. The molecule has 0 fully saturated rings. The molecule has 5 rings (SSSR count). The highest BCUT2D eigenvalue weighted by atomic mass is 16.5. The van der Waals surface area contributed by atoms with Crippen LogP contribution in [0.4, 0.5) is 0 Å². The Bertz CT molecular complexity index is 2380. The third-order valence-corrected chi connectivity index (χ3v) is 11.9. The second-order valence-electron chi connectivity index (χ2n) is 16.9. The molecule has 15 nitrogen and oxygen atoms in total. The fourth-order valence-corrected chi connectivity index (χ4v) is 8.25. The van der Waals surface area contributed by atoms with Crippen molar-refractivity contribution in [2.24, 2.45) is 29.0 Å². The van der Waals surface area contributed by atoms with Gasteiger partial charge >= 0.3 is 0 Å². The highest BCUT2D eigenvalue weighted by molar-refractivity contribution is 6.00. The molecule has 66 heavy (non-hydrogen) atoms. The molecular weight excluding hydrogens is 837 g/mol. The number of benzene rings is 3. The van der Waals surface area contributed by atoms with Crippen molar-refractivity contribution in [2.45, 2.75) is 97.1 Å². The lowest BCUT2D eigenvalue weighted by Crippen LogP contribution is -2.46. The van der Waals surface area contributed by atoms with E-state index in [-0.39, 0.29) is 88.5 Å². The van der Waals surface area contributed by atoms with Gasteiger partial charge in [-0.15, -0.1) is 0 Å². The van der Waals surface area contributed by atoms with Crippen LogP contribution in [0.1, 0.15) is 104 Å². The third-order valence-electron chi connectivity index (χ3n) is 11.9. The van der Waals surface area contributed by atoms with Crippen LogP contribution >= 0.6 is 0 Å². The van der Waals surface area contributed by atoms with Gasteiger partial charge in [0.1, 0.15) is 30.8 Å². The molecule has 3 aromatic carbocycles. The van der Waals surface area contributed by atoms with E-state index in [4.69, 9.17) is 26.7 Å². The Morgan fingerprint density at radius 1 is 0.924 bits per heavy atom. The maximum atomic E-state index is 14.7. The number of unbranched alkanes of at least 4 members (excludes halogenated alkanes) is 2. The van der Waals surface area contributed by atoms with E-state index in [1.165, 1.54) is 30.1 Å². The van der Waals surface area contributed by atoms with E-state index in [0.717, 1.165) is 24.8 Å². The molecule has 1 aliphatic rings. The molecule has 7 N–H and O–H groups in total. The molecule has 1 aliphatic heterocycles. The summed E-state index contributed by atoms with van der Waals surface area (Å²) in [4.78, 5) is 81.3. The summed E-state index contributed by atoms with van der Waals surface area (Å²) in [6, 6.07) is 18.4. The van der Waals surface area contributed by atoms with Crippen LogP contribution in [0.5, 0.6) is 11.5 Å². The number of nitrogens with two attached hydrogens (primary N) is 3. The summed E-state index contributed by atoms with van der Waals surface area (Å²) in [5.74, 6) is -2.67. The van der Waals surface area contributed by atoms with Crippen LogP contribution in [0.25, 0.3) is 22.5 Å². The van der Waals surface area contributed by atoms with E-state index in [9.17, 15) is 29.2 Å². The minimum absolute atomic E-state index is 0.0301. The summed E-state index contributed by atoms with van der Waals surface area (Å²) in [6.07, 6.45) is 5.56. The summed E-state index contributed by atoms with van der Waals surface area (Å²) in [5.41, 5.74) is 22.7. The number of aromatic nitrogens is 2. The van der Waals surface area contributed by atoms with Gasteiger partial charge in [0, 0.05) is 80.5 Å². The molecule has 4 aromatic rings. The van der Waals surface area contributed by atoms with Crippen molar-refractivity contribution in [3.63, 3.8) is 0 Å². The lowest BCUT2D eigenvalue weighted by Gasteiger charge is -2.32. The molecule has 350 valence electrons. The van der Waals surface area contributed by atoms with E-state index >= 15 is 0 Å². The van der Waals surface area contributed by atoms with Crippen molar-refractivity contribution in [2.75, 3.05) is 39.9 Å². The summed E-state index contributed by atoms with van der Waals surface area (Å²) >= 11 is 0. The van der Waals surface area contributed by atoms with Gasteiger partial charge in [-0.3, -0.25) is 24.0 Å². The molecule has 0 radical (unpaired) electrons. The Labute approximate surface area is 387 Å². The minimum Gasteiger partial charge on any atom is -0.492 e. The topological polar surface area (TPSA) is 247 Å². The fraction of sp³-hybridized carbons (Fsp3) is 0.451. The number of carbonyl (C=O) groups excluding carboxylic acids is 5. The minimum atomic E-state index is -1.24. The smallest absolute Gasteiger partial charge is 0.226 e. The number of ketones is 3. The van der Waals surface area contributed by atoms with Crippen LogP contribution in [-0.2, 0) is 32.0 Å². The Morgan fingerprint density at radius 3 is 2.24 bits per heavy atom. The van der Waals surface area contributed by atoms with Crippen molar-refractivity contribution in [3.8, 4) is 40.1 Å². The van der Waals surface area contributed by atoms with Crippen molar-refractivity contribution in [1.82, 2.24) is 20.2 Å². The zero-order chi connectivity index (χ0) is 47.8. The number of nitrogens with one attached hydrogen (secondary N) is 1. The van der Waals surface area contributed by atoms with E-state index in [2.05, 4.69) is 34.3 Å². The molecule has 0 saturated carbocycles. The van der Waals surface area contributed by atoms with Gasteiger partial charge < -0.3 is 36.9 Å². The number of likely N-dealkylation sites (N-methyl/N-ethyl adjacent to an activating group) is 1. The molecule has 2 heterocycles. The van der Waals surface area contributed by atoms with Gasteiger partial charge in [-0.25, -0.2) is 9.97 Å². The van der Waals surface area contributed by atoms with Gasteiger partial charge in [0.25, 0.3) is 0 Å². The predicted molar refractivity (Wildman–Crippen MR) is 252 cm³/mol. The van der Waals surface area contributed by atoms with Gasteiger partial charge in [0.15, 0.2) is 23.2 Å². The molecule has 4 bridgehead atoms. The van der Waals surface area contributed by atoms with Crippen molar-refractivity contribution in [1.29, 1.82) is 5.26 Å². The van der Waals surface area contributed by atoms with Crippen LogP contribution in [0.2, 0.25) is 0 Å². The van der Waals surface area contributed by atoms with Gasteiger partial charge in [0.05, 0.1) is 23.4 Å². The van der Waals surface area contributed by atoms with Crippen molar-refractivity contribution >= 4 is 29.2 Å². The van der Waals surface area contributed by atoms with Gasteiger partial charge in [0.2, 0.25) is 11.8 Å². The van der Waals surface area contributed by atoms with E-state index in [0.29, 0.717) is 45.3 Å². The van der Waals surface area contributed by atoms with Crippen LogP contribution < -0.4 is 32.0 Å². The monoisotopic (exact) mass is 900 g/mol. The van der Waals surface area contributed by atoms with Gasteiger partial charge in [-0.05, 0) is 80.1 Å². The molecule has 0 spiro atoms. The Balaban J connectivity index is 1.53. The summed E-state index contributed by atoms with van der Waals surface area (Å²) in [7, 11) is 1.50. The maximum Gasteiger partial charge on any atom is 0.226 e. The van der Waals surface area contributed by atoms with Crippen LogP contribution in [0.3, 0.4) is 0 Å². The van der Waals surface area contributed by atoms with Crippen LogP contribution in [0.15, 0.2) is 66.9 Å². The standard InChI is InChI=1S/C51H64N8O7/c1-5-6-7-9-34-11-14-36(15-12-34)49-56-31-41(33(3)57-49)44(61)30-38(19-21-53)51(64)59(4)48-37-16-18-47(66-25-23-55)40(29-37)39-27-35(13-17-46(39)65-24-22-54)28-42(43(60)10-8-20-52)58-50(63)32(2)26-45(48)62/h11-18,27,29,31-32,38,42,48H,5-10,19,21-26,28,30,53-55H2,1-4H3,(H,58,63)/t32-,38-,42+,48+/m1/s1. The van der Waals surface area contributed by atoms with E-state index < -0.39 is 41.5 Å². The second kappa shape index (κ2) is 24.8. The van der Waals surface area contributed by atoms with Crippen LogP contribution in [-0.4, -0.2) is 90.0 Å². The zero-order valence-corrected chi connectivity index (χ0v) is 38.6. The Hall–Kier alpha value is -6.34. The molecule has 0 aliphatic carbocycles. The zero-order valence-electron chi connectivity index (χ0n) is 38.6. The first-order valence-corrected chi connectivity index (χ1v) is 22.9. The normalized spacial score (nSPS) is 16.6. The quantitative estimate of drug-likeness (QED) is 0.0574. The number of hydrogen-bond acceptors (Lipinski definition) is 13. The lowest BCUT2D eigenvalue weighted by atomic mass is 9.88. The number of aryl methyl sites for hydroxylation is 2. The summed E-state index contributed by atoms with van der Waals surface area (Å²) < 4.78 is 12.3. The summed E-state index contributed by atoms with van der Waals surface area (Å²) in [6.45, 7) is 6.36. The van der Waals surface area contributed by atoms with E-state index in [1.54, 1.807) is 44.2 Å². The Kier molecular flexibility index (Phi) is 19.0. The largest absolute Gasteiger partial charge is 0.492 e.